The molecule has 0 saturated heterocycles. The fraction of sp³-hybridized carbons (Fsp3) is 0.273. The number of ether oxygens (including phenoxy) is 2. The maximum atomic E-state index is 11.8. The van der Waals surface area contributed by atoms with E-state index in [-0.39, 0.29) is 11.8 Å². The van der Waals surface area contributed by atoms with Gasteiger partial charge in [0.25, 0.3) is 0 Å². The van der Waals surface area contributed by atoms with Crippen LogP contribution in [0.2, 0.25) is 0 Å². The van der Waals surface area contributed by atoms with Crippen LogP contribution in [0.15, 0.2) is 47.8 Å². The van der Waals surface area contributed by atoms with Gasteiger partial charge in [0, 0.05) is 28.1 Å². The summed E-state index contributed by atoms with van der Waals surface area (Å²) in [4.78, 5) is 16.6. The summed E-state index contributed by atoms with van der Waals surface area (Å²) >= 11 is 1.58. The van der Waals surface area contributed by atoms with Crippen molar-refractivity contribution in [2.45, 2.75) is 20.8 Å². The highest BCUT2D eigenvalue weighted by Crippen LogP contribution is 2.35. The number of hydrogen-bond acceptors (Lipinski definition) is 5. The van der Waals surface area contributed by atoms with Crippen LogP contribution >= 0.6 is 11.3 Å². The summed E-state index contributed by atoms with van der Waals surface area (Å²) in [5, 5.41) is 5.84. The van der Waals surface area contributed by atoms with Crippen LogP contribution < -0.4 is 14.8 Å². The van der Waals surface area contributed by atoms with Crippen molar-refractivity contribution in [1.29, 1.82) is 0 Å². The number of amides is 1. The van der Waals surface area contributed by atoms with Crippen molar-refractivity contribution in [2.24, 2.45) is 5.92 Å². The van der Waals surface area contributed by atoms with Crippen molar-refractivity contribution in [3.63, 3.8) is 0 Å². The van der Waals surface area contributed by atoms with Gasteiger partial charge in [-0.05, 0) is 37.3 Å². The van der Waals surface area contributed by atoms with Crippen LogP contribution in [0, 0.1) is 5.92 Å². The standard InChI is InChI=1S/C22H24N2O3S/c1-5-27-19-11-8-16(12-20(19)26-4)22-24-18(13-28-22)15-6-9-17(10-7-15)23-21(25)14(2)3/h6-14H,5H2,1-4H3,(H,23,25). The number of aromatic nitrogens is 1. The van der Waals surface area contributed by atoms with Crippen molar-refractivity contribution >= 4 is 22.9 Å². The molecule has 146 valence electrons. The van der Waals surface area contributed by atoms with E-state index in [0.717, 1.165) is 33.3 Å². The Morgan fingerprint density at radius 1 is 1.11 bits per heavy atom. The predicted octanol–water partition coefficient (Wildman–Crippen LogP) is 5.48. The highest BCUT2D eigenvalue weighted by molar-refractivity contribution is 7.13. The summed E-state index contributed by atoms with van der Waals surface area (Å²) in [5.74, 6) is 1.38. The van der Waals surface area contributed by atoms with Crippen molar-refractivity contribution in [2.75, 3.05) is 19.0 Å². The van der Waals surface area contributed by atoms with Crippen LogP contribution in [-0.2, 0) is 4.79 Å². The van der Waals surface area contributed by atoms with Crippen molar-refractivity contribution in [1.82, 2.24) is 4.98 Å². The number of benzene rings is 2. The SMILES string of the molecule is CCOc1ccc(-c2nc(-c3ccc(NC(=O)C(C)C)cc3)cs2)cc1OC. The highest BCUT2D eigenvalue weighted by Gasteiger charge is 2.12. The molecular weight excluding hydrogens is 372 g/mol. The van der Waals surface area contributed by atoms with Crippen LogP contribution in [0.3, 0.4) is 0 Å². The number of thiazole rings is 1. The molecule has 3 rings (SSSR count). The van der Waals surface area contributed by atoms with Gasteiger partial charge in [-0.3, -0.25) is 4.79 Å². The summed E-state index contributed by atoms with van der Waals surface area (Å²) in [5.41, 5.74) is 3.67. The minimum Gasteiger partial charge on any atom is -0.493 e. The van der Waals surface area contributed by atoms with Gasteiger partial charge < -0.3 is 14.8 Å². The first-order valence-electron chi connectivity index (χ1n) is 9.19. The maximum absolute atomic E-state index is 11.8. The van der Waals surface area contributed by atoms with E-state index in [2.05, 4.69) is 5.32 Å². The summed E-state index contributed by atoms with van der Waals surface area (Å²) in [6.07, 6.45) is 0. The summed E-state index contributed by atoms with van der Waals surface area (Å²) in [6.45, 7) is 6.28. The first kappa shape index (κ1) is 19.9. The van der Waals surface area contributed by atoms with E-state index in [0.29, 0.717) is 12.4 Å². The number of anilines is 1. The van der Waals surface area contributed by atoms with Gasteiger partial charge >= 0.3 is 0 Å². The molecule has 0 saturated carbocycles. The fourth-order valence-corrected chi connectivity index (χ4v) is 3.45. The molecule has 2 aromatic carbocycles. The van der Waals surface area contributed by atoms with E-state index in [9.17, 15) is 4.79 Å². The molecule has 6 heteroatoms. The topological polar surface area (TPSA) is 60.5 Å². The van der Waals surface area contributed by atoms with Crippen LogP contribution in [0.25, 0.3) is 21.8 Å². The van der Waals surface area contributed by atoms with Crippen LogP contribution in [-0.4, -0.2) is 24.6 Å². The normalized spacial score (nSPS) is 10.8. The highest BCUT2D eigenvalue weighted by atomic mass is 32.1. The van der Waals surface area contributed by atoms with Crippen molar-refractivity contribution in [3.05, 3.63) is 47.8 Å². The minimum absolute atomic E-state index is 0.00754. The largest absolute Gasteiger partial charge is 0.493 e. The number of rotatable bonds is 7. The Morgan fingerprint density at radius 2 is 1.82 bits per heavy atom. The number of methoxy groups -OCH3 is 1. The number of nitrogens with zero attached hydrogens (tertiary/aromatic N) is 1. The third-order valence-corrected chi connectivity index (χ3v) is 5.08. The summed E-state index contributed by atoms with van der Waals surface area (Å²) in [7, 11) is 1.63. The molecule has 0 radical (unpaired) electrons. The van der Waals surface area contributed by atoms with Crippen molar-refractivity contribution < 1.29 is 14.3 Å². The smallest absolute Gasteiger partial charge is 0.226 e. The molecule has 28 heavy (non-hydrogen) atoms. The van der Waals surface area contributed by atoms with Gasteiger partial charge in [-0.1, -0.05) is 26.0 Å². The molecule has 3 aromatic rings. The number of nitrogens with one attached hydrogen (secondary N) is 1. The van der Waals surface area contributed by atoms with Gasteiger partial charge in [0.1, 0.15) is 5.01 Å². The average Bonchev–Trinajstić information content (AvgIpc) is 3.19. The lowest BCUT2D eigenvalue weighted by atomic mass is 10.1. The Kier molecular flexibility index (Phi) is 6.31. The molecule has 0 fully saturated rings. The van der Waals surface area contributed by atoms with Gasteiger partial charge in [0.2, 0.25) is 5.91 Å². The molecule has 0 spiro atoms. The molecule has 1 N–H and O–H groups in total. The molecule has 0 aliphatic carbocycles. The maximum Gasteiger partial charge on any atom is 0.226 e. The van der Waals surface area contributed by atoms with Crippen LogP contribution in [0.5, 0.6) is 11.5 Å². The quantitative estimate of drug-likeness (QED) is 0.574. The van der Waals surface area contributed by atoms with Crippen LogP contribution in [0.4, 0.5) is 5.69 Å². The van der Waals surface area contributed by atoms with E-state index < -0.39 is 0 Å². The average molecular weight is 397 g/mol. The summed E-state index contributed by atoms with van der Waals surface area (Å²) < 4.78 is 11.0. The van der Waals surface area contributed by atoms with E-state index >= 15 is 0 Å². The third-order valence-electron chi connectivity index (χ3n) is 4.19. The van der Waals surface area contributed by atoms with E-state index in [4.69, 9.17) is 14.5 Å². The predicted molar refractivity (Wildman–Crippen MR) is 114 cm³/mol. The Bertz CT molecular complexity index is 949. The first-order valence-corrected chi connectivity index (χ1v) is 10.1. The molecule has 0 aliphatic rings. The molecule has 0 unspecified atom stereocenters. The van der Waals surface area contributed by atoms with Crippen LogP contribution in [0.1, 0.15) is 20.8 Å². The second-order valence-electron chi connectivity index (χ2n) is 6.56. The van der Waals surface area contributed by atoms with Gasteiger partial charge in [0.05, 0.1) is 19.4 Å². The Morgan fingerprint density at radius 3 is 2.46 bits per heavy atom. The van der Waals surface area contributed by atoms with E-state index in [1.165, 1.54) is 0 Å². The van der Waals surface area contributed by atoms with Crippen molar-refractivity contribution in [3.8, 4) is 33.3 Å². The van der Waals surface area contributed by atoms with E-state index in [1.54, 1.807) is 18.4 Å². The first-order chi connectivity index (χ1) is 13.5. The molecule has 1 heterocycles. The zero-order valence-corrected chi connectivity index (χ0v) is 17.3. The van der Waals surface area contributed by atoms with E-state index in [1.807, 2.05) is 68.6 Å². The Balaban J connectivity index is 1.79. The molecular formula is C22H24N2O3S. The van der Waals surface area contributed by atoms with Gasteiger partial charge in [-0.25, -0.2) is 4.98 Å². The molecule has 0 bridgehead atoms. The third kappa shape index (κ3) is 4.51. The van der Waals surface area contributed by atoms with Gasteiger partial charge in [-0.15, -0.1) is 11.3 Å². The molecule has 5 nitrogen and oxygen atoms in total. The molecule has 1 amide bonds. The zero-order valence-electron chi connectivity index (χ0n) is 16.5. The number of hydrogen-bond donors (Lipinski definition) is 1. The number of carbonyl (C=O) groups is 1. The van der Waals surface area contributed by atoms with Gasteiger partial charge in [0.15, 0.2) is 11.5 Å². The Labute approximate surface area is 169 Å². The lowest BCUT2D eigenvalue weighted by Gasteiger charge is -2.10. The van der Waals surface area contributed by atoms with Gasteiger partial charge in [-0.2, -0.15) is 0 Å². The lowest BCUT2D eigenvalue weighted by Crippen LogP contribution is -2.17. The second-order valence-corrected chi connectivity index (χ2v) is 7.42. The second kappa shape index (κ2) is 8.89. The lowest BCUT2D eigenvalue weighted by molar-refractivity contribution is -0.118. The zero-order chi connectivity index (χ0) is 20.1. The number of carbonyl (C=O) groups excluding carboxylic acids is 1. The summed E-state index contributed by atoms with van der Waals surface area (Å²) in [6, 6.07) is 13.6. The minimum atomic E-state index is -0.0492. The molecule has 1 aromatic heterocycles. The fourth-order valence-electron chi connectivity index (χ4n) is 2.63. The molecule has 0 aliphatic heterocycles. The Hall–Kier alpha value is -2.86. The molecule has 0 atom stereocenters. The monoisotopic (exact) mass is 396 g/mol.